The standard InChI is InChI=1S/C14H24N4OS/c1-10(2)13-15-14(17-16-13)20-9-12(19)18(3)11-7-5-4-6-8-11/h10-11H,4-9H2,1-3H3,(H,15,16,17). The Bertz CT molecular complexity index is 440. The summed E-state index contributed by atoms with van der Waals surface area (Å²) in [5.41, 5.74) is 0. The van der Waals surface area contributed by atoms with E-state index in [1.807, 2.05) is 11.9 Å². The van der Waals surface area contributed by atoms with E-state index in [4.69, 9.17) is 0 Å². The molecule has 0 aromatic carbocycles. The van der Waals surface area contributed by atoms with Crippen molar-refractivity contribution in [3.8, 4) is 0 Å². The number of thioether (sulfide) groups is 1. The first-order valence-electron chi connectivity index (χ1n) is 7.38. The van der Waals surface area contributed by atoms with Crippen molar-refractivity contribution >= 4 is 17.7 Å². The van der Waals surface area contributed by atoms with Gasteiger partial charge in [0.1, 0.15) is 5.82 Å². The van der Waals surface area contributed by atoms with E-state index in [1.165, 1.54) is 31.0 Å². The number of carbonyl (C=O) groups excluding carboxylic acids is 1. The van der Waals surface area contributed by atoms with E-state index >= 15 is 0 Å². The van der Waals surface area contributed by atoms with Gasteiger partial charge in [0.15, 0.2) is 0 Å². The zero-order valence-corrected chi connectivity index (χ0v) is 13.4. The lowest BCUT2D eigenvalue weighted by Crippen LogP contribution is -2.39. The monoisotopic (exact) mass is 296 g/mol. The summed E-state index contributed by atoms with van der Waals surface area (Å²) in [7, 11) is 1.93. The van der Waals surface area contributed by atoms with Crippen LogP contribution in [0.4, 0.5) is 0 Å². The largest absolute Gasteiger partial charge is 0.342 e. The second kappa shape index (κ2) is 7.11. The Morgan fingerprint density at radius 2 is 2.10 bits per heavy atom. The number of nitrogens with one attached hydrogen (secondary N) is 1. The Balaban J connectivity index is 1.81. The van der Waals surface area contributed by atoms with Gasteiger partial charge in [0.05, 0.1) is 5.75 Å². The van der Waals surface area contributed by atoms with Crippen LogP contribution >= 0.6 is 11.8 Å². The molecule has 1 aliphatic rings. The highest BCUT2D eigenvalue weighted by Gasteiger charge is 2.22. The molecule has 112 valence electrons. The fourth-order valence-electron chi connectivity index (χ4n) is 2.48. The first kappa shape index (κ1) is 15.4. The Labute approximate surface area is 124 Å². The van der Waals surface area contributed by atoms with Crippen LogP contribution in [0, 0.1) is 0 Å². The molecule has 1 aliphatic carbocycles. The maximum atomic E-state index is 12.2. The van der Waals surface area contributed by atoms with Crippen molar-refractivity contribution in [3.05, 3.63) is 5.82 Å². The van der Waals surface area contributed by atoms with E-state index < -0.39 is 0 Å². The maximum Gasteiger partial charge on any atom is 0.233 e. The summed E-state index contributed by atoms with van der Waals surface area (Å²) in [5.74, 6) is 1.80. The molecule has 1 N–H and O–H groups in total. The molecule has 0 saturated heterocycles. The van der Waals surface area contributed by atoms with E-state index in [0.717, 1.165) is 18.7 Å². The summed E-state index contributed by atoms with van der Waals surface area (Å²) < 4.78 is 0. The zero-order chi connectivity index (χ0) is 14.5. The third-order valence-electron chi connectivity index (χ3n) is 3.87. The van der Waals surface area contributed by atoms with Crippen LogP contribution in [0.5, 0.6) is 0 Å². The van der Waals surface area contributed by atoms with Crippen molar-refractivity contribution in [3.63, 3.8) is 0 Å². The summed E-state index contributed by atoms with van der Waals surface area (Å²) in [4.78, 5) is 18.5. The van der Waals surface area contributed by atoms with Crippen LogP contribution in [0.3, 0.4) is 0 Å². The quantitative estimate of drug-likeness (QED) is 0.849. The minimum atomic E-state index is 0.179. The molecule has 1 heterocycles. The summed E-state index contributed by atoms with van der Waals surface area (Å²) in [6.45, 7) is 4.13. The van der Waals surface area contributed by atoms with Gasteiger partial charge in [-0.1, -0.05) is 44.9 Å². The molecule has 6 heteroatoms. The predicted octanol–water partition coefficient (Wildman–Crippen LogP) is 2.81. The number of nitrogens with zero attached hydrogens (tertiary/aromatic N) is 3. The molecular weight excluding hydrogens is 272 g/mol. The molecule has 5 nitrogen and oxygen atoms in total. The molecule has 0 bridgehead atoms. The summed E-state index contributed by atoms with van der Waals surface area (Å²) in [6.07, 6.45) is 6.08. The fourth-order valence-corrected chi connectivity index (χ4v) is 3.21. The summed E-state index contributed by atoms with van der Waals surface area (Å²) in [5, 5.41) is 7.72. The number of hydrogen-bond donors (Lipinski definition) is 1. The van der Waals surface area contributed by atoms with E-state index in [1.54, 1.807) is 0 Å². The van der Waals surface area contributed by atoms with Gasteiger partial charge in [0.25, 0.3) is 0 Å². The molecule has 1 saturated carbocycles. The average molecular weight is 296 g/mol. The fraction of sp³-hybridized carbons (Fsp3) is 0.786. The van der Waals surface area contributed by atoms with Gasteiger partial charge in [-0.15, -0.1) is 5.10 Å². The second-order valence-electron chi connectivity index (χ2n) is 5.74. The van der Waals surface area contributed by atoms with Crippen molar-refractivity contribution in [2.75, 3.05) is 12.8 Å². The van der Waals surface area contributed by atoms with Crippen molar-refractivity contribution in [2.45, 2.75) is 63.1 Å². The van der Waals surface area contributed by atoms with Gasteiger partial charge in [-0.05, 0) is 12.8 Å². The number of aromatic amines is 1. The predicted molar refractivity (Wildman–Crippen MR) is 80.8 cm³/mol. The van der Waals surface area contributed by atoms with E-state index in [-0.39, 0.29) is 5.91 Å². The number of carbonyl (C=O) groups is 1. The molecule has 0 unspecified atom stereocenters. The SMILES string of the molecule is CC(C)c1nc(SCC(=O)N(C)C2CCCCC2)n[nH]1. The number of aromatic nitrogens is 3. The van der Waals surface area contributed by atoms with Crippen molar-refractivity contribution in [1.82, 2.24) is 20.1 Å². The molecule has 0 spiro atoms. The average Bonchev–Trinajstić information content (AvgIpc) is 2.94. The molecule has 20 heavy (non-hydrogen) atoms. The molecule has 1 aromatic heterocycles. The van der Waals surface area contributed by atoms with Crippen molar-refractivity contribution in [1.29, 1.82) is 0 Å². The maximum absolute atomic E-state index is 12.2. The minimum absolute atomic E-state index is 0.179. The van der Waals surface area contributed by atoms with Gasteiger partial charge in [-0.25, -0.2) is 4.98 Å². The second-order valence-corrected chi connectivity index (χ2v) is 6.69. The van der Waals surface area contributed by atoms with Crippen LogP contribution in [0.15, 0.2) is 5.16 Å². The van der Waals surface area contributed by atoms with Gasteiger partial charge < -0.3 is 4.90 Å². The molecule has 1 aromatic rings. The van der Waals surface area contributed by atoms with Crippen LogP contribution in [-0.4, -0.2) is 44.8 Å². The lowest BCUT2D eigenvalue weighted by Gasteiger charge is -2.31. The molecule has 0 aliphatic heterocycles. The van der Waals surface area contributed by atoms with Crippen LogP contribution in [0.25, 0.3) is 0 Å². The van der Waals surface area contributed by atoms with E-state index in [9.17, 15) is 4.79 Å². The zero-order valence-electron chi connectivity index (χ0n) is 12.6. The Kier molecular flexibility index (Phi) is 5.46. The molecule has 1 amide bonds. The van der Waals surface area contributed by atoms with Gasteiger partial charge in [0.2, 0.25) is 11.1 Å². The molecule has 0 radical (unpaired) electrons. The lowest BCUT2D eigenvalue weighted by molar-refractivity contribution is -0.129. The summed E-state index contributed by atoms with van der Waals surface area (Å²) >= 11 is 1.41. The van der Waals surface area contributed by atoms with Gasteiger partial charge in [-0.2, -0.15) is 0 Å². The third kappa shape index (κ3) is 3.98. The van der Waals surface area contributed by atoms with Crippen molar-refractivity contribution in [2.24, 2.45) is 0 Å². The van der Waals surface area contributed by atoms with E-state index in [0.29, 0.717) is 22.9 Å². The van der Waals surface area contributed by atoms with Crippen molar-refractivity contribution < 1.29 is 4.79 Å². The normalized spacial score (nSPS) is 16.6. The smallest absolute Gasteiger partial charge is 0.233 e. The number of H-pyrrole nitrogens is 1. The number of rotatable bonds is 5. The van der Waals surface area contributed by atoms with Crippen LogP contribution in [0.1, 0.15) is 57.7 Å². The Morgan fingerprint density at radius 3 is 2.70 bits per heavy atom. The third-order valence-corrected chi connectivity index (χ3v) is 4.70. The Hall–Kier alpha value is -1.04. The highest BCUT2D eigenvalue weighted by atomic mass is 32.2. The molecule has 2 rings (SSSR count). The van der Waals surface area contributed by atoms with Gasteiger partial charge in [0, 0.05) is 19.0 Å². The lowest BCUT2D eigenvalue weighted by atomic mass is 9.94. The van der Waals surface area contributed by atoms with Gasteiger partial charge >= 0.3 is 0 Å². The molecular formula is C14H24N4OS. The topological polar surface area (TPSA) is 61.9 Å². The van der Waals surface area contributed by atoms with Crippen LogP contribution in [0.2, 0.25) is 0 Å². The number of amides is 1. The first-order valence-corrected chi connectivity index (χ1v) is 8.37. The Morgan fingerprint density at radius 1 is 1.40 bits per heavy atom. The highest BCUT2D eigenvalue weighted by Crippen LogP contribution is 2.23. The van der Waals surface area contributed by atoms with Crippen LogP contribution in [-0.2, 0) is 4.79 Å². The van der Waals surface area contributed by atoms with E-state index in [2.05, 4.69) is 29.0 Å². The summed E-state index contributed by atoms with van der Waals surface area (Å²) in [6, 6.07) is 0.426. The highest BCUT2D eigenvalue weighted by molar-refractivity contribution is 7.99. The van der Waals surface area contributed by atoms with Gasteiger partial charge in [-0.3, -0.25) is 9.89 Å². The molecule has 1 fully saturated rings. The number of hydrogen-bond acceptors (Lipinski definition) is 4. The van der Waals surface area contributed by atoms with Crippen LogP contribution < -0.4 is 0 Å². The minimum Gasteiger partial charge on any atom is -0.342 e. The molecule has 0 atom stereocenters. The first-order chi connectivity index (χ1) is 9.58.